The number of ether oxygens (including phenoxy) is 1. The van der Waals surface area contributed by atoms with E-state index in [0.29, 0.717) is 0 Å². The van der Waals surface area contributed by atoms with Crippen molar-refractivity contribution in [1.82, 2.24) is 15.5 Å². The van der Waals surface area contributed by atoms with Gasteiger partial charge in [-0.2, -0.15) is 0 Å². The Morgan fingerprint density at radius 2 is 1.96 bits per heavy atom. The lowest BCUT2D eigenvalue weighted by atomic mass is 9.90. The number of benzene rings is 1. The molecule has 156 valence electrons. The largest absolute Gasteiger partial charge is 0.487 e. The molecule has 1 aromatic carbocycles. The number of fused-ring (bicyclic) bond motifs is 1. The molecular formula is C23H38N4O. The molecule has 0 bridgehead atoms. The second kappa shape index (κ2) is 9.64. The molecule has 1 saturated heterocycles. The van der Waals surface area contributed by atoms with Crippen LogP contribution < -0.4 is 15.4 Å². The van der Waals surface area contributed by atoms with Crippen molar-refractivity contribution in [3.05, 3.63) is 29.8 Å². The molecule has 1 atom stereocenters. The van der Waals surface area contributed by atoms with Crippen LogP contribution in [-0.2, 0) is 0 Å². The van der Waals surface area contributed by atoms with Crippen molar-refractivity contribution in [3.63, 3.8) is 0 Å². The van der Waals surface area contributed by atoms with Gasteiger partial charge in [0.05, 0.1) is 6.04 Å². The van der Waals surface area contributed by atoms with Crippen molar-refractivity contribution >= 4 is 5.96 Å². The number of piperidine rings is 1. The summed E-state index contributed by atoms with van der Waals surface area (Å²) in [5, 5.41) is 7.11. The van der Waals surface area contributed by atoms with Crippen LogP contribution in [0.1, 0.15) is 65.0 Å². The maximum absolute atomic E-state index is 6.17. The topological polar surface area (TPSA) is 48.9 Å². The maximum Gasteiger partial charge on any atom is 0.191 e. The van der Waals surface area contributed by atoms with Crippen molar-refractivity contribution in [3.8, 4) is 5.75 Å². The van der Waals surface area contributed by atoms with E-state index >= 15 is 0 Å². The fraction of sp³-hybridized carbons (Fsp3) is 0.696. The number of likely N-dealkylation sites (tertiary alicyclic amines) is 1. The molecule has 0 saturated carbocycles. The Kier molecular flexibility index (Phi) is 7.22. The first-order chi connectivity index (χ1) is 13.5. The van der Waals surface area contributed by atoms with Crippen LogP contribution in [0.4, 0.5) is 0 Å². The molecule has 5 nitrogen and oxygen atoms in total. The van der Waals surface area contributed by atoms with Crippen molar-refractivity contribution in [2.24, 2.45) is 10.9 Å². The summed E-state index contributed by atoms with van der Waals surface area (Å²) < 4.78 is 6.17. The summed E-state index contributed by atoms with van der Waals surface area (Å²) in [4.78, 5) is 7.45. The zero-order valence-corrected chi connectivity index (χ0v) is 18.1. The average Bonchev–Trinajstić information content (AvgIpc) is 2.68. The minimum absolute atomic E-state index is 0.184. The Morgan fingerprint density at radius 3 is 2.68 bits per heavy atom. The zero-order chi connectivity index (χ0) is 20.0. The van der Waals surface area contributed by atoms with E-state index in [-0.39, 0.29) is 11.6 Å². The van der Waals surface area contributed by atoms with Gasteiger partial charge in [-0.05, 0) is 71.7 Å². The average molecular weight is 387 g/mol. The molecule has 2 aliphatic heterocycles. The van der Waals surface area contributed by atoms with Gasteiger partial charge in [0.15, 0.2) is 5.96 Å². The highest BCUT2D eigenvalue weighted by Crippen LogP contribution is 2.39. The van der Waals surface area contributed by atoms with Crippen LogP contribution >= 0.6 is 0 Å². The first-order valence-corrected chi connectivity index (χ1v) is 11.1. The summed E-state index contributed by atoms with van der Waals surface area (Å²) in [6, 6.07) is 8.57. The molecule has 0 aliphatic carbocycles. The highest BCUT2D eigenvalue weighted by atomic mass is 16.5. The van der Waals surface area contributed by atoms with Gasteiger partial charge in [0.25, 0.3) is 0 Å². The first kappa shape index (κ1) is 21.0. The molecule has 2 N–H and O–H groups in total. The summed E-state index contributed by atoms with van der Waals surface area (Å²) >= 11 is 0. The first-order valence-electron chi connectivity index (χ1n) is 11.1. The third kappa shape index (κ3) is 5.63. The van der Waals surface area contributed by atoms with Crippen LogP contribution in [-0.4, -0.2) is 49.2 Å². The van der Waals surface area contributed by atoms with E-state index in [4.69, 9.17) is 9.73 Å². The number of para-hydroxylation sites is 1. The molecule has 2 heterocycles. The van der Waals surface area contributed by atoms with Crippen LogP contribution in [0, 0.1) is 5.92 Å². The second-order valence-corrected chi connectivity index (χ2v) is 8.73. The molecule has 3 rings (SSSR count). The molecule has 2 aliphatic rings. The minimum Gasteiger partial charge on any atom is -0.487 e. The molecule has 1 unspecified atom stereocenters. The van der Waals surface area contributed by atoms with E-state index in [0.717, 1.165) is 37.1 Å². The normalized spacial score (nSPS) is 23.0. The SMILES string of the molecule is CCNC(=NCCC1CCN(CC)CC1)NC1CC(C)(C)Oc2ccccc21. The Hall–Kier alpha value is -1.75. The summed E-state index contributed by atoms with van der Waals surface area (Å²) in [7, 11) is 0. The molecule has 1 fully saturated rings. The van der Waals surface area contributed by atoms with Crippen LogP contribution in [0.3, 0.4) is 0 Å². The Balaban J connectivity index is 1.60. The van der Waals surface area contributed by atoms with Crippen molar-refractivity contribution in [2.75, 3.05) is 32.7 Å². The lowest BCUT2D eigenvalue weighted by Gasteiger charge is -2.38. The summed E-state index contributed by atoms with van der Waals surface area (Å²) in [6.45, 7) is 14.1. The van der Waals surface area contributed by atoms with Gasteiger partial charge >= 0.3 is 0 Å². The zero-order valence-electron chi connectivity index (χ0n) is 18.1. The highest BCUT2D eigenvalue weighted by molar-refractivity contribution is 5.80. The lowest BCUT2D eigenvalue weighted by Crippen LogP contribution is -2.45. The van der Waals surface area contributed by atoms with E-state index in [1.165, 1.54) is 44.5 Å². The van der Waals surface area contributed by atoms with E-state index in [1.807, 2.05) is 6.07 Å². The summed E-state index contributed by atoms with van der Waals surface area (Å²) in [5.41, 5.74) is 1.04. The van der Waals surface area contributed by atoms with Crippen molar-refractivity contribution in [2.45, 2.75) is 65.0 Å². The molecule has 0 spiro atoms. The van der Waals surface area contributed by atoms with Gasteiger partial charge in [-0.3, -0.25) is 4.99 Å². The van der Waals surface area contributed by atoms with E-state index in [9.17, 15) is 0 Å². The highest BCUT2D eigenvalue weighted by Gasteiger charge is 2.34. The fourth-order valence-electron chi connectivity index (χ4n) is 4.37. The minimum atomic E-state index is -0.184. The smallest absolute Gasteiger partial charge is 0.191 e. The van der Waals surface area contributed by atoms with Gasteiger partial charge in [0.2, 0.25) is 0 Å². The third-order valence-corrected chi connectivity index (χ3v) is 5.99. The number of rotatable bonds is 6. The Bertz CT molecular complexity index is 650. The number of guanidine groups is 1. The number of aliphatic imine (C=N–C) groups is 1. The van der Waals surface area contributed by atoms with Gasteiger partial charge in [-0.25, -0.2) is 0 Å². The molecule has 1 aromatic rings. The molecular weight excluding hydrogens is 348 g/mol. The van der Waals surface area contributed by atoms with E-state index in [1.54, 1.807) is 0 Å². The Morgan fingerprint density at radius 1 is 1.21 bits per heavy atom. The van der Waals surface area contributed by atoms with Crippen LogP contribution in [0.15, 0.2) is 29.3 Å². The molecule has 0 amide bonds. The third-order valence-electron chi connectivity index (χ3n) is 5.99. The predicted octanol–water partition coefficient (Wildman–Crippen LogP) is 3.97. The van der Waals surface area contributed by atoms with Gasteiger partial charge in [-0.15, -0.1) is 0 Å². The number of nitrogens with zero attached hydrogens (tertiary/aromatic N) is 2. The fourth-order valence-corrected chi connectivity index (χ4v) is 4.37. The molecule has 0 radical (unpaired) electrons. The monoisotopic (exact) mass is 386 g/mol. The van der Waals surface area contributed by atoms with E-state index in [2.05, 4.69) is 61.4 Å². The van der Waals surface area contributed by atoms with Crippen molar-refractivity contribution in [1.29, 1.82) is 0 Å². The van der Waals surface area contributed by atoms with Crippen LogP contribution in [0.2, 0.25) is 0 Å². The number of nitrogens with one attached hydrogen (secondary N) is 2. The van der Waals surface area contributed by atoms with Gasteiger partial charge in [0.1, 0.15) is 11.4 Å². The van der Waals surface area contributed by atoms with E-state index < -0.39 is 0 Å². The molecule has 0 aromatic heterocycles. The molecule has 5 heteroatoms. The summed E-state index contributed by atoms with van der Waals surface area (Å²) in [5.74, 6) is 2.72. The lowest BCUT2D eigenvalue weighted by molar-refractivity contribution is 0.0694. The maximum atomic E-state index is 6.17. The van der Waals surface area contributed by atoms with Gasteiger partial charge in [-0.1, -0.05) is 25.1 Å². The summed E-state index contributed by atoms with van der Waals surface area (Å²) in [6.07, 6.45) is 4.73. The second-order valence-electron chi connectivity index (χ2n) is 8.73. The number of hydrogen-bond donors (Lipinski definition) is 2. The van der Waals surface area contributed by atoms with Gasteiger partial charge in [0, 0.05) is 25.1 Å². The van der Waals surface area contributed by atoms with Crippen LogP contribution in [0.25, 0.3) is 0 Å². The standard InChI is InChI=1S/C23H38N4O/c1-5-24-22(25-14-11-18-12-15-27(6-2)16-13-18)26-20-17-23(3,4)28-21-10-8-7-9-19(20)21/h7-10,18,20H,5-6,11-17H2,1-4H3,(H2,24,25,26). The van der Waals surface area contributed by atoms with Crippen molar-refractivity contribution < 1.29 is 4.74 Å². The van der Waals surface area contributed by atoms with Gasteiger partial charge < -0.3 is 20.3 Å². The number of hydrogen-bond acceptors (Lipinski definition) is 3. The Labute approximate surface area is 170 Å². The molecule has 28 heavy (non-hydrogen) atoms. The predicted molar refractivity (Wildman–Crippen MR) is 117 cm³/mol. The quantitative estimate of drug-likeness (QED) is 0.574. The van der Waals surface area contributed by atoms with Crippen LogP contribution in [0.5, 0.6) is 5.75 Å².